The number of imide groups is 1. The average Bonchev–Trinajstić information content (AvgIpc) is 2.52. The Balaban J connectivity index is 3.13. The fourth-order valence-electron chi connectivity index (χ4n) is 1.89. The average molecular weight is 308 g/mol. The molecule has 0 saturated carbocycles. The second-order valence-electron chi connectivity index (χ2n) is 6.03. The zero-order chi connectivity index (χ0) is 16.6. The molecule has 21 heavy (non-hydrogen) atoms. The summed E-state index contributed by atoms with van der Waals surface area (Å²) in [5, 5.41) is 0. The largest absolute Gasteiger partial charge is 0.443 e. The first-order valence-corrected chi connectivity index (χ1v) is 6.33. The van der Waals surface area contributed by atoms with Crippen LogP contribution in [0.25, 0.3) is 0 Å². The van der Waals surface area contributed by atoms with Crippen molar-refractivity contribution >= 4 is 12.0 Å². The Morgan fingerprint density at radius 2 is 1.86 bits per heavy atom. The van der Waals surface area contributed by atoms with Crippen LogP contribution in [-0.4, -0.2) is 53.7 Å². The molecule has 2 amide bonds. The van der Waals surface area contributed by atoms with Gasteiger partial charge in [-0.25, -0.2) is 9.69 Å². The second kappa shape index (κ2) is 5.57. The minimum atomic E-state index is -4.70. The van der Waals surface area contributed by atoms with Crippen molar-refractivity contribution in [2.24, 2.45) is 0 Å². The first kappa shape index (κ1) is 17.3. The molecule has 0 unspecified atom stereocenters. The van der Waals surface area contributed by atoms with Crippen LogP contribution < -0.4 is 0 Å². The molecule has 1 atom stereocenters. The third-order valence-electron chi connectivity index (χ3n) is 2.60. The van der Waals surface area contributed by atoms with Crippen molar-refractivity contribution in [2.75, 3.05) is 14.1 Å². The Bertz CT molecular complexity index is 464. The molecule has 1 saturated heterocycles. The van der Waals surface area contributed by atoms with Gasteiger partial charge in [-0.1, -0.05) is 0 Å². The van der Waals surface area contributed by atoms with E-state index in [1.54, 1.807) is 14.1 Å². The van der Waals surface area contributed by atoms with E-state index in [-0.39, 0.29) is 10.5 Å². The van der Waals surface area contributed by atoms with Gasteiger partial charge in [0.2, 0.25) is 0 Å². The van der Waals surface area contributed by atoms with Gasteiger partial charge in [0.1, 0.15) is 11.6 Å². The van der Waals surface area contributed by atoms with Crippen LogP contribution in [-0.2, 0) is 9.53 Å². The predicted molar refractivity (Wildman–Crippen MR) is 69.3 cm³/mol. The van der Waals surface area contributed by atoms with Crippen LogP contribution in [0.2, 0.25) is 0 Å². The zero-order valence-corrected chi connectivity index (χ0v) is 12.6. The molecule has 0 aromatic carbocycles. The number of hydrogen-bond acceptors (Lipinski definition) is 4. The summed E-state index contributed by atoms with van der Waals surface area (Å²) in [6.45, 7) is 4.56. The van der Waals surface area contributed by atoms with Gasteiger partial charge in [-0.2, -0.15) is 13.2 Å². The standard InChI is InChI=1S/C13H19F3N2O3/c1-12(2,3)21-11(20)18-9(13(14,15)16)6-8(10(18)19)7-17(4)5/h7,9H,6H2,1-5H3/b8-7-/t9-/m1/s1. The highest BCUT2D eigenvalue weighted by molar-refractivity contribution is 6.05. The molecule has 0 aromatic rings. The topological polar surface area (TPSA) is 49.9 Å². The molecular weight excluding hydrogens is 289 g/mol. The maximum Gasteiger partial charge on any atom is 0.417 e. The van der Waals surface area contributed by atoms with Gasteiger partial charge >= 0.3 is 12.3 Å². The maximum absolute atomic E-state index is 13.0. The molecule has 1 fully saturated rings. The smallest absolute Gasteiger partial charge is 0.417 e. The summed E-state index contributed by atoms with van der Waals surface area (Å²) >= 11 is 0. The van der Waals surface area contributed by atoms with Crippen LogP contribution in [0, 0.1) is 0 Å². The number of halogens is 3. The van der Waals surface area contributed by atoms with Crippen molar-refractivity contribution in [2.45, 2.75) is 45.0 Å². The van der Waals surface area contributed by atoms with Gasteiger partial charge in [0, 0.05) is 32.3 Å². The summed E-state index contributed by atoms with van der Waals surface area (Å²) in [4.78, 5) is 25.6. The fourth-order valence-corrected chi connectivity index (χ4v) is 1.89. The molecule has 5 nitrogen and oxygen atoms in total. The monoisotopic (exact) mass is 308 g/mol. The number of carbonyl (C=O) groups excluding carboxylic acids is 2. The molecule has 1 heterocycles. The summed E-state index contributed by atoms with van der Waals surface area (Å²) in [5.74, 6) is -0.972. The molecule has 1 aliphatic heterocycles. The molecule has 1 rings (SSSR count). The van der Waals surface area contributed by atoms with Gasteiger partial charge in [0.05, 0.1) is 0 Å². The Morgan fingerprint density at radius 3 is 2.24 bits per heavy atom. The lowest BCUT2D eigenvalue weighted by Gasteiger charge is -2.27. The second-order valence-corrected chi connectivity index (χ2v) is 6.03. The van der Waals surface area contributed by atoms with Crippen LogP contribution in [0.3, 0.4) is 0 Å². The van der Waals surface area contributed by atoms with Gasteiger partial charge in [-0.3, -0.25) is 4.79 Å². The highest BCUT2D eigenvalue weighted by Gasteiger charge is 2.54. The quantitative estimate of drug-likeness (QED) is 0.699. The van der Waals surface area contributed by atoms with Gasteiger partial charge in [0.25, 0.3) is 5.91 Å². The molecule has 0 N–H and O–H groups in total. The van der Waals surface area contributed by atoms with E-state index in [2.05, 4.69) is 0 Å². The lowest BCUT2D eigenvalue weighted by Crippen LogP contribution is -2.48. The van der Waals surface area contributed by atoms with E-state index in [4.69, 9.17) is 4.74 Å². The van der Waals surface area contributed by atoms with Crippen molar-refractivity contribution in [3.8, 4) is 0 Å². The molecule has 0 bridgehead atoms. The minimum absolute atomic E-state index is 0.0758. The summed E-state index contributed by atoms with van der Waals surface area (Å²) < 4.78 is 44.0. The fraction of sp³-hybridized carbons (Fsp3) is 0.692. The first-order valence-electron chi connectivity index (χ1n) is 6.33. The normalized spacial score (nSPS) is 21.9. The van der Waals surface area contributed by atoms with Crippen molar-refractivity contribution in [1.82, 2.24) is 9.80 Å². The Labute approximate surface area is 121 Å². The van der Waals surface area contributed by atoms with E-state index in [1.165, 1.54) is 31.9 Å². The minimum Gasteiger partial charge on any atom is -0.443 e. The van der Waals surface area contributed by atoms with Gasteiger partial charge in [0.15, 0.2) is 0 Å². The third kappa shape index (κ3) is 4.37. The van der Waals surface area contributed by atoms with Gasteiger partial charge in [-0.05, 0) is 20.8 Å². The van der Waals surface area contributed by atoms with Crippen molar-refractivity contribution in [3.63, 3.8) is 0 Å². The Kier molecular flexibility index (Phi) is 4.60. The van der Waals surface area contributed by atoms with Gasteiger partial charge < -0.3 is 9.64 Å². The highest BCUT2D eigenvalue weighted by Crippen LogP contribution is 2.36. The molecule has 1 aliphatic rings. The number of nitrogens with zero attached hydrogens (tertiary/aromatic N) is 2. The molecule has 8 heteroatoms. The van der Waals surface area contributed by atoms with E-state index in [0.717, 1.165) is 0 Å². The Morgan fingerprint density at radius 1 is 1.33 bits per heavy atom. The Hall–Kier alpha value is -1.73. The number of rotatable bonds is 1. The van der Waals surface area contributed by atoms with E-state index < -0.39 is 36.2 Å². The molecule has 0 radical (unpaired) electrons. The highest BCUT2D eigenvalue weighted by atomic mass is 19.4. The van der Waals surface area contributed by atoms with E-state index in [9.17, 15) is 22.8 Å². The number of ether oxygens (including phenoxy) is 1. The first-order chi connectivity index (χ1) is 9.33. The summed E-state index contributed by atoms with van der Waals surface area (Å²) in [6, 6.07) is -2.19. The lowest BCUT2D eigenvalue weighted by atomic mass is 10.1. The van der Waals surface area contributed by atoms with Crippen LogP contribution in [0.1, 0.15) is 27.2 Å². The van der Waals surface area contributed by atoms with Crippen molar-refractivity contribution < 1.29 is 27.5 Å². The number of amides is 2. The number of likely N-dealkylation sites (tertiary alicyclic amines) is 1. The van der Waals surface area contributed by atoms with E-state index in [1.807, 2.05) is 0 Å². The van der Waals surface area contributed by atoms with Crippen molar-refractivity contribution in [1.29, 1.82) is 0 Å². The number of alkyl halides is 3. The van der Waals surface area contributed by atoms with Crippen LogP contribution in [0.4, 0.5) is 18.0 Å². The summed E-state index contributed by atoms with van der Waals surface area (Å²) in [5.41, 5.74) is -1.06. The molecular formula is C13H19F3N2O3. The van der Waals surface area contributed by atoms with Crippen LogP contribution in [0.5, 0.6) is 0 Å². The summed E-state index contributed by atoms with van der Waals surface area (Å²) in [6.07, 6.45) is -5.27. The third-order valence-corrected chi connectivity index (χ3v) is 2.60. The molecule has 0 aromatic heterocycles. The molecule has 0 aliphatic carbocycles. The van der Waals surface area contributed by atoms with E-state index >= 15 is 0 Å². The van der Waals surface area contributed by atoms with Crippen molar-refractivity contribution in [3.05, 3.63) is 11.8 Å². The molecule has 0 spiro atoms. The number of carbonyl (C=O) groups is 2. The van der Waals surface area contributed by atoms with Gasteiger partial charge in [-0.15, -0.1) is 0 Å². The zero-order valence-electron chi connectivity index (χ0n) is 12.6. The SMILES string of the molecule is CN(C)/C=C1/C[C@H](C(F)(F)F)N(C(=O)OC(C)(C)C)C1=O. The maximum atomic E-state index is 13.0. The predicted octanol–water partition coefficient (Wildman–Crippen LogP) is 2.53. The van der Waals surface area contributed by atoms with E-state index in [0.29, 0.717) is 0 Å². The molecule has 120 valence electrons. The van der Waals surface area contributed by atoms with Crippen LogP contribution in [0.15, 0.2) is 11.8 Å². The number of hydrogen-bond donors (Lipinski definition) is 0. The van der Waals surface area contributed by atoms with Crippen LogP contribution >= 0.6 is 0 Å². The lowest BCUT2D eigenvalue weighted by molar-refractivity contribution is -0.177. The summed E-state index contributed by atoms with van der Waals surface area (Å²) in [7, 11) is 3.16.